The first-order valence-corrected chi connectivity index (χ1v) is 8.42. The molecule has 0 saturated carbocycles. The van der Waals surface area contributed by atoms with Gasteiger partial charge in [0, 0.05) is 19.1 Å². The molecule has 1 aromatic carbocycles. The summed E-state index contributed by atoms with van der Waals surface area (Å²) in [5.74, 6) is 0. The van der Waals surface area contributed by atoms with Crippen LogP contribution in [0.2, 0.25) is 0 Å². The van der Waals surface area contributed by atoms with E-state index in [-0.39, 0.29) is 4.90 Å². The monoisotopic (exact) mass is 295 g/mol. The average molecular weight is 295 g/mol. The molecule has 0 saturated heterocycles. The van der Waals surface area contributed by atoms with Gasteiger partial charge in [0.2, 0.25) is 0 Å². The summed E-state index contributed by atoms with van der Waals surface area (Å²) in [5.41, 5.74) is 0.703. The summed E-state index contributed by atoms with van der Waals surface area (Å²) in [4.78, 5) is 2.16. The molecule has 1 heterocycles. The number of nitrogens with one attached hydrogen (secondary N) is 1. The lowest BCUT2D eigenvalue weighted by atomic mass is 10.2. The lowest BCUT2D eigenvalue weighted by Gasteiger charge is -2.26. The quantitative estimate of drug-likeness (QED) is 0.872. The third-order valence-electron chi connectivity index (χ3n) is 3.55. The second-order valence-electron chi connectivity index (χ2n) is 4.82. The van der Waals surface area contributed by atoms with Gasteiger partial charge in [0.25, 0.3) is 10.0 Å². The number of fused-ring (bicyclic) bond motifs is 1. The summed E-state index contributed by atoms with van der Waals surface area (Å²) in [5, 5.41) is 3.47. The lowest BCUT2D eigenvalue weighted by molar-refractivity contribution is 0.491. The molecule has 2 rings (SSSR count). The molecule has 6 heteroatoms. The molecule has 0 bridgehead atoms. The molecule has 0 aromatic heterocycles. The van der Waals surface area contributed by atoms with Gasteiger partial charge in [-0.1, -0.05) is 26.0 Å². The van der Waals surface area contributed by atoms with Crippen LogP contribution in [-0.2, 0) is 10.0 Å². The Morgan fingerprint density at radius 2 is 1.95 bits per heavy atom. The number of nitrogens with zero attached hydrogens (tertiary/aromatic N) is 2. The highest BCUT2D eigenvalue weighted by molar-refractivity contribution is 7.90. The third-order valence-corrected chi connectivity index (χ3v) is 4.82. The molecule has 1 aromatic rings. The first-order valence-electron chi connectivity index (χ1n) is 6.98. The van der Waals surface area contributed by atoms with Crippen LogP contribution < -0.4 is 10.2 Å². The van der Waals surface area contributed by atoms with Crippen molar-refractivity contribution in [2.75, 3.05) is 18.0 Å². The minimum atomic E-state index is -3.52. The van der Waals surface area contributed by atoms with Crippen LogP contribution in [0.1, 0.15) is 26.7 Å². The summed E-state index contributed by atoms with van der Waals surface area (Å²) in [6, 6.07) is 7.49. The maximum atomic E-state index is 11.9. The molecule has 0 unspecified atom stereocenters. The first kappa shape index (κ1) is 15.0. The van der Waals surface area contributed by atoms with Crippen molar-refractivity contribution in [2.24, 2.45) is 4.40 Å². The van der Waals surface area contributed by atoms with Gasteiger partial charge >= 0.3 is 0 Å². The Morgan fingerprint density at radius 1 is 1.25 bits per heavy atom. The van der Waals surface area contributed by atoms with Crippen molar-refractivity contribution in [3.63, 3.8) is 0 Å². The highest BCUT2D eigenvalue weighted by Gasteiger charge is 2.24. The van der Waals surface area contributed by atoms with Gasteiger partial charge in [-0.15, -0.1) is 4.40 Å². The Morgan fingerprint density at radius 3 is 2.65 bits per heavy atom. The van der Waals surface area contributed by atoms with Crippen molar-refractivity contribution in [2.45, 2.75) is 37.6 Å². The normalized spacial score (nSPS) is 16.4. The zero-order valence-corrected chi connectivity index (χ0v) is 12.7. The van der Waals surface area contributed by atoms with Gasteiger partial charge in [0.1, 0.15) is 11.2 Å². The predicted molar refractivity (Wildman–Crippen MR) is 81.8 cm³/mol. The highest BCUT2D eigenvalue weighted by atomic mass is 32.2. The molecular weight excluding hydrogens is 274 g/mol. The Hall–Kier alpha value is -1.40. The van der Waals surface area contributed by atoms with Gasteiger partial charge in [-0.05, 0) is 25.0 Å². The number of anilines is 1. The summed E-state index contributed by atoms with van der Waals surface area (Å²) in [7, 11) is -3.52. The molecular formula is C14H21N3O2S. The van der Waals surface area contributed by atoms with E-state index in [0.717, 1.165) is 19.4 Å². The fourth-order valence-electron chi connectivity index (χ4n) is 2.30. The topological polar surface area (TPSA) is 61.8 Å². The number of benzene rings is 1. The number of hydrogen-bond acceptors (Lipinski definition) is 4. The maximum Gasteiger partial charge on any atom is 0.285 e. The van der Waals surface area contributed by atoms with Crippen molar-refractivity contribution in [1.82, 2.24) is 5.32 Å². The Balaban J connectivity index is 2.07. The molecule has 1 aliphatic heterocycles. The van der Waals surface area contributed by atoms with Crippen molar-refractivity contribution in [3.05, 3.63) is 24.3 Å². The summed E-state index contributed by atoms with van der Waals surface area (Å²) < 4.78 is 27.4. The van der Waals surface area contributed by atoms with E-state index in [1.165, 1.54) is 6.34 Å². The molecule has 0 fully saturated rings. The van der Waals surface area contributed by atoms with E-state index in [1.807, 2.05) is 17.0 Å². The number of hydrogen-bond donors (Lipinski definition) is 1. The van der Waals surface area contributed by atoms with Gasteiger partial charge in [-0.3, -0.25) is 0 Å². The van der Waals surface area contributed by atoms with E-state index in [0.29, 0.717) is 18.3 Å². The lowest BCUT2D eigenvalue weighted by Crippen LogP contribution is -2.37. The second kappa shape index (κ2) is 6.37. The van der Waals surface area contributed by atoms with Crippen LogP contribution in [0, 0.1) is 0 Å². The van der Waals surface area contributed by atoms with Crippen molar-refractivity contribution in [1.29, 1.82) is 0 Å². The molecule has 5 nitrogen and oxygen atoms in total. The van der Waals surface area contributed by atoms with Crippen LogP contribution >= 0.6 is 0 Å². The minimum absolute atomic E-state index is 0.282. The van der Waals surface area contributed by atoms with Crippen molar-refractivity contribution in [3.8, 4) is 0 Å². The molecule has 0 amide bonds. The summed E-state index contributed by atoms with van der Waals surface area (Å²) in [6.07, 6.45) is 3.59. The van der Waals surface area contributed by atoms with E-state index in [9.17, 15) is 8.42 Å². The van der Waals surface area contributed by atoms with E-state index in [2.05, 4.69) is 23.6 Å². The Bertz CT molecular complexity index is 580. The van der Waals surface area contributed by atoms with E-state index < -0.39 is 10.0 Å². The third kappa shape index (κ3) is 3.19. The summed E-state index contributed by atoms with van der Waals surface area (Å²) >= 11 is 0. The van der Waals surface area contributed by atoms with Crippen LogP contribution in [0.25, 0.3) is 0 Å². The molecule has 110 valence electrons. The largest absolute Gasteiger partial charge is 0.329 e. The van der Waals surface area contributed by atoms with Crippen molar-refractivity contribution < 1.29 is 8.42 Å². The van der Waals surface area contributed by atoms with Gasteiger partial charge in [-0.2, -0.15) is 8.42 Å². The Kier molecular flexibility index (Phi) is 4.77. The van der Waals surface area contributed by atoms with E-state index in [4.69, 9.17) is 0 Å². The Labute approximate surface area is 120 Å². The van der Waals surface area contributed by atoms with Gasteiger partial charge in [-0.25, -0.2) is 0 Å². The van der Waals surface area contributed by atoms with Crippen LogP contribution in [0.3, 0.4) is 0 Å². The van der Waals surface area contributed by atoms with Gasteiger partial charge in [0.15, 0.2) is 0 Å². The number of rotatable bonds is 6. The van der Waals surface area contributed by atoms with Crippen LogP contribution in [0.15, 0.2) is 33.6 Å². The number of para-hydroxylation sites is 1. The molecule has 1 N–H and O–H groups in total. The highest BCUT2D eigenvalue weighted by Crippen LogP contribution is 2.28. The minimum Gasteiger partial charge on any atom is -0.329 e. The average Bonchev–Trinajstić information content (AvgIpc) is 2.46. The van der Waals surface area contributed by atoms with Crippen LogP contribution in [0.4, 0.5) is 5.69 Å². The SMILES string of the molecule is CCC(CC)NCCN1C=NS(=O)(=O)c2ccccc21. The van der Waals surface area contributed by atoms with Crippen molar-refractivity contribution >= 4 is 22.0 Å². The zero-order chi connectivity index (χ0) is 14.6. The number of sulfonamides is 1. The standard InChI is InChI=1S/C14H21N3O2S/c1-3-12(4-2)15-9-10-17-11-16-20(18,19)14-8-6-5-7-13(14)17/h5-8,11-12,15H,3-4,9-10H2,1-2H3. The fourth-order valence-corrected chi connectivity index (χ4v) is 3.35. The molecule has 20 heavy (non-hydrogen) atoms. The predicted octanol–water partition coefficient (Wildman–Crippen LogP) is 2.00. The smallest absolute Gasteiger partial charge is 0.285 e. The second-order valence-corrected chi connectivity index (χ2v) is 6.43. The van der Waals surface area contributed by atoms with Crippen LogP contribution in [-0.4, -0.2) is 33.9 Å². The molecule has 0 spiro atoms. The van der Waals surface area contributed by atoms with Gasteiger partial charge < -0.3 is 10.2 Å². The molecule has 1 aliphatic rings. The molecule has 0 radical (unpaired) electrons. The van der Waals surface area contributed by atoms with Crippen LogP contribution in [0.5, 0.6) is 0 Å². The summed E-state index contributed by atoms with van der Waals surface area (Å²) in [6.45, 7) is 5.82. The zero-order valence-electron chi connectivity index (χ0n) is 11.9. The molecule has 0 atom stereocenters. The first-order chi connectivity index (χ1) is 9.58. The van der Waals surface area contributed by atoms with Gasteiger partial charge in [0.05, 0.1) is 5.69 Å². The maximum absolute atomic E-state index is 11.9. The molecule has 0 aliphatic carbocycles. The van der Waals surface area contributed by atoms with E-state index >= 15 is 0 Å². The van der Waals surface area contributed by atoms with E-state index in [1.54, 1.807) is 12.1 Å². The fraction of sp³-hybridized carbons (Fsp3) is 0.500.